The van der Waals surface area contributed by atoms with Crippen LogP contribution < -0.4 is 4.74 Å². The molecule has 0 unspecified atom stereocenters. The minimum atomic E-state index is -0.417. The van der Waals surface area contributed by atoms with Gasteiger partial charge in [0.25, 0.3) is 0 Å². The number of ether oxygens (including phenoxy) is 1. The quantitative estimate of drug-likeness (QED) is 0.647. The second-order valence-electron chi connectivity index (χ2n) is 3.86. The monoisotopic (exact) mass is 308 g/mol. The van der Waals surface area contributed by atoms with E-state index in [9.17, 15) is 4.79 Å². The third-order valence-corrected chi connectivity index (χ3v) is 3.57. The van der Waals surface area contributed by atoms with E-state index in [0.29, 0.717) is 15.9 Å². The van der Waals surface area contributed by atoms with Gasteiger partial charge < -0.3 is 4.74 Å². The van der Waals surface area contributed by atoms with Crippen molar-refractivity contribution in [3.8, 4) is 5.75 Å². The van der Waals surface area contributed by atoms with Gasteiger partial charge in [0.15, 0.2) is 0 Å². The Morgan fingerprint density at radius 2 is 2.06 bits per heavy atom. The maximum absolute atomic E-state index is 11.9. The first-order valence-corrected chi connectivity index (χ1v) is 6.39. The Bertz CT molecular complexity index is 561. The molecule has 0 fully saturated rings. The molecule has 0 saturated carbocycles. The van der Waals surface area contributed by atoms with Gasteiger partial charge in [-0.2, -0.15) is 5.10 Å². The highest BCUT2D eigenvalue weighted by Crippen LogP contribution is 2.19. The largest absolute Gasteiger partial charge is 0.423 e. The van der Waals surface area contributed by atoms with Crippen molar-refractivity contribution in [2.24, 2.45) is 7.05 Å². The molecule has 18 heavy (non-hydrogen) atoms. The van der Waals surface area contributed by atoms with Crippen molar-refractivity contribution in [1.82, 2.24) is 9.78 Å². The van der Waals surface area contributed by atoms with Crippen molar-refractivity contribution in [2.45, 2.75) is 13.3 Å². The summed E-state index contributed by atoms with van der Waals surface area (Å²) in [5.74, 6) is 0.118. The van der Waals surface area contributed by atoms with Crippen LogP contribution in [0.4, 0.5) is 0 Å². The van der Waals surface area contributed by atoms with Crippen LogP contribution in [0.3, 0.4) is 0 Å². The highest BCUT2D eigenvalue weighted by molar-refractivity contribution is 9.10. The molecule has 0 spiro atoms. The van der Waals surface area contributed by atoms with E-state index in [-0.39, 0.29) is 0 Å². The average molecular weight is 309 g/mol. The zero-order valence-electron chi connectivity index (χ0n) is 10.2. The van der Waals surface area contributed by atoms with Crippen LogP contribution in [-0.2, 0) is 13.5 Å². The second kappa shape index (κ2) is 5.35. The summed E-state index contributed by atoms with van der Waals surface area (Å²) >= 11 is 3.29. The highest BCUT2D eigenvalue weighted by Gasteiger charge is 2.16. The number of nitrogens with zero attached hydrogens (tertiary/aromatic N) is 2. The van der Waals surface area contributed by atoms with Gasteiger partial charge in [0.1, 0.15) is 15.9 Å². The molecule has 0 bridgehead atoms. The molecule has 0 radical (unpaired) electrons. The summed E-state index contributed by atoms with van der Waals surface area (Å²) in [4.78, 5) is 11.9. The topological polar surface area (TPSA) is 44.1 Å². The van der Waals surface area contributed by atoms with Gasteiger partial charge in [0, 0.05) is 7.05 Å². The maximum atomic E-state index is 11.9. The lowest BCUT2D eigenvalue weighted by Gasteiger charge is -2.04. The normalized spacial score (nSPS) is 10.4. The third-order valence-electron chi connectivity index (χ3n) is 2.63. The van der Waals surface area contributed by atoms with Crippen molar-refractivity contribution in [1.29, 1.82) is 0 Å². The van der Waals surface area contributed by atoms with E-state index in [2.05, 4.69) is 28.0 Å². The van der Waals surface area contributed by atoms with Gasteiger partial charge in [-0.1, -0.05) is 19.1 Å². The predicted molar refractivity (Wildman–Crippen MR) is 71.7 cm³/mol. The highest BCUT2D eigenvalue weighted by atomic mass is 79.9. The maximum Gasteiger partial charge on any atom is 0.347 e. The molecule has 94 valence electrons. The van der Waals surface area contributed by atoms with E-state index >= 15 is 0 Å². The van der Waals surface area contributed by atoms with Gasteiger partial charge in [-0.05, 0) is 40.0 Å². The number of carbonyl (C=O) groups is 1. The SMILES string of the molecule is CCc1ccc(OC(=O)c2cnn(C)c2Br)cc1. The Hall–Kier alpha value is -1.62. The lowest BCUT2D eigenvalue weighted by Crippen LogP contribution is -2.08. The number of benzene rings is 1. The van der Waals surface area contributed by atoms with Crippen molar-refractivity contribution < 1.29 is 9.53 Å². The van der Waals surface area contributed by atoms with E-state index in [0.717, 1.165) is 6.42 Å². The number of halogens is 1. The Morgan fingerprint density at radius 3 is 2.56 bits per heavy atom. The van der Waals surface area contributed by atoms with Crippen molar-refractivity contribution >= 4 is 21.9 Å². The zero-order valence-corrected chi connectivity index (χ0v) is 11.8. The van der Waals surface area contributed by atoms with E-state index in [4.69, 9.17) is 4.74 Å². The van der Waals surface area contributed by atoms with Crippen molar-refractivity contribution in [2.75, 3.05) is 0 Å². The number of carbonyl (C=O) groups excluding carboxylic acids is 1. The summed E-state index contributed by atoms with van der Waals surface area (Å²) in [6.45, 7) is 2.08. The number of hydrogen-bond acceptors (Lipinski definition) is 3. The number of aryl methyl sites for hydroxylation is 2. The molecule has 0 aliphatic rings. The first kappa shape index (κ1) is 12.8. The Kier molecular flexibility index (Phi) is 3.81. The molecule has 2 aromatic rings. The van der Waals surface area contributed by atoms with Crippen LogP contribution in [0.1, 0.15) is 22.8 Å². The Labute approximate surface area is 114 Å². The fourth-order valence-electron chi connectivity index (χ4n) is 1.51. The van der Waals surface area contributed by atoms with Crippen molar-refractivity contribution in [3.05, 3.63) is 46.2 Å². The van der Waals surface area contributed by atoms with Crippen LogP contribution in [0.5, 0.6) is 5.75 Å². The first-order chi connectivity index (χ1) is 8.61. The standard InChI is InChI=1S/C13H13BrN2O2/c1-3-9-4-6-10(7-5-9)18-13(17)11-8-15-16(2)12(11)14/h4-8H,3H2,1-2H3. The van der Waals surface area contributed by atoms with E-state index in [1.54, 1.807) is 23.9 Å². The van der Waals surface area contributed by atoms with Crippen LogP contribution in [0.2, 0.25) is 0 Å². The minimum Gasteiger partial charge on any atom is -0.423 e. The molecule has 0 atom stereocenters. The summed E-state index contributed by atoms with van der Waals surface area (Å²) < 4.78 is 7.45. The molecule has 0 aliphatic heterocycles. The Morgan fingerprint density at radius 1 is 1.39 bits per heavy atom. The summed E-state index contributed by atoms with van der Waals surface area (Å²) in [5, 5.41) is 3.98. The van der Waals surface area contributed by atoms with Crippen molar-refractivity contribution in [3.63, 3.8) is 0 Å². The predicted octanol–water partition coefficient (Wildman–Crippen LogP) is 2.96. The molecular formula is C13H13BrN2O2. The molecule has 4 nitrogen and oxygen atoms in total. The number of rotatable bonds is 3. The summed E-state index contributed by atoms with van der Waals surface area (Å²) in [5.41, 5.74) is 1.62. The molecule has 1 heterocycles. The number of aromatic nitrogens is 2. The van der Waals surface area contributed by atoms with E-state index in [1.165, 1.54) is 11.8 Å². The van der Waals surface area contributed by atoms with Crippen LogP contribution >= 0.6 is 15.9 Å². The first-order valence-electron chi connectivity index (χ1n) is 5.60. The fourth-order valence-corrected chi connectivity index (χ4v) is 1.87. The molecule has 0 N–H and O–H groups in total. The van der Waals surface area contributed by atoms with Crippen LogP contribution in [0, 0.1) is 0 Å². The average Bonchev–Trinajstić information content (AvgIpc) is 2.71. The molecule has 0 amide bonds. The smallest absolute Gasteiger partial charge is 0.347 e. The van der Waals surface area contributed by atoms with Crippen LogP contribution in [0.25, 0.3) is 0 Å². The molecule has 0 aliphatic carbocycles. The Balaban J connectivity index is 2.13. The molecule has 5 heteroatoms. The molecular weight excluding hydrogens is 296 g/mol. The molecule has 1 aromatic heterocycles. The van der Waals surface area contributed by atoms with Gasteiger partial charge in [-0.25, -0.2) is 4.79 Å². The van der Waals surface area contributed by atoms with Gasteiger partial charge in [-0.15, -0.1) is 0 Å². The summed E-state index contributed by atoms with van der Waals surface area (Å²) in [7, 11) is 1.75. The van der Waals surface area contributed by atoms with E-state index in [1.807, 2.05) is 12.1 Å². The summed E-state index contributed by atoms with van der Waals surface area (Å²) in [6, 6.07) is 7.48. The van der Waals surface area contributed by atoms with Gasteiger partial charge >= 0.3 is 5.97 Å². The third kappa shape index (κ3) is 2.61. The minimum absolute atomic E-state index is 0.414. The number of hydrogen-bond donors (Lipinski definition) is 0. The van der Waals surface area contributed by atoms with Gasteiger partial charge in [-0.3, -0.25) is 4.68 Å². The zero-order chi connectivity index (χ0) is 13.1. The molecule has 0 saturated heterocycles. The summed E-state index contributed by atoms with van der Waals surface area (Å²) in [6.07, 6.45) is 2.44. The fraction of sp³-hybridized carbons (Fsp3) is 0.231. The lowest BCUT2D eigenvalue weighted by atomic mass is 10.2. The molecule has 1 aromatic carbocycles. The van der Waals surface area contributed by atoms with Gasteiger partial charge in [0.2, 0.25) is 0 Å². The lowest BCUT2D eigenvalue weighted by molar-refractivity contribution is 0.0733. The second-order valence-corrected chi connectivity index (χ2v) is 4.61. The van der Waals surface area contributed by atoms with Crippen LogP contribution in [-0.4, -0.2) is 15.7 Å². The van der Waals surface area contributed by atoms with E-state index < -0.39 is 5.97 Å². The van der Waals surface area contributed by atoms with Gasteiger partial charge in [0.05, 0.1) is 6.20 Å². The number of esters is 1. The van der Waals surface area contributed by atoms with Crippen LogP contribution in [0.15, 0.2) is 35.1 Å². The molecule has 2 rings (SSSR count).